The molecule has 0 unspecified atom stereocenters. The van der Waals surface area contributed by atoms with E-state index >= 15 is 0 Å². The lowest BCUT2D eigenvalue weighted by Gasteiger charge is -2.02. The van der Waals surface area contributed by atoms with Crippen LogP contribution in [0.3, 0.4) is 0 Å². The van der Waals surface area contributed by atoms with Gasteiger partial charge in [0.15, 0.2) is 5.65 Å². The van der Waals surface area contributed by atoms with E-state index < -0.39 is 0 Å². The van der Waals surface area contributed by atoms with Crippen molar-refractivity contribution in [2.75, 3.05) is 0 Å². The number of hydrogen-bond donors (Lipinski definition) is 1. The van der Waals surface area contributed by atoms with Gasteiger partial charge in [0.05, 0.1) is 5.69 Å². The Morgan fingerprint density at radius 1 is 1.25 bits per heavy atom. The number of halogens is 1. The molecule has 0 saturated heterocycles. The van der Waals surface area contributed by atoms with Gasteiger partial charge in [-0.15, -0.1) is 0 Å². The molecule has 0 radical (unpaired) electrons. The Hall–Kier alpha value is -2.07. The van der Waals surface area contributed by atoms with E-state index in [1.807, 2.05) is 18.3 Å². The fourth-order valence-electron chi connectivity index (χ4n) is 2.46. The summed E-state index contributed by atoms with van der Waals surface area (Å²) in [5, 5.41) is 3.66. The van der Waals surface area contributed by atoms with Gasteiger partial charge in [-0.2, -0.15) is 0 Å². The number of H-pyrrole nitrogens is 1. The highest BCUT2D eigenvalue weighted by molar-refractivity contribution is 6.30. The van der Waals surface area contributed by atoms with Gasteiger partial charge in [0.25, 0.3) is 5.56 Å². The van der Waals surface area contributed by atoms with Crippen LogP contribution in [-0.2, 0) is 0 Å². The number of hydrogen-bond acceptors (Lipinski definition) is 2. The molecule has 1 saturated carbocycles. The molecule has 1 N–H and O–H groups in total. The summed E-state index contributed by atoms with van der Waals surface area (Å²) in [6, 6.07) is 8.91. The van der Waals surface area contributed by atoms with Crippen LogP contribution in [0.1, 0.15) is 24.3 Å². The first-order valence-electron chi connectivity index (χ1n) is 6.59. The topological polar surface area (TPSA) is 50.2 Å². The third-order valence-electron chi connectivity index (χ3n) is 3.68. The highest BCUT2D eigenvalue weighted by atomic mass is 35.5. The van der Waals surface area contributed by atoms with Gasteiger partial charge < -0.3 is 0 Å². The van der Waals surface area contributed by atoms with Crippen LogP contribution >= 0.6 is 11.6 Å². The van der Waals surface area contributed by atoms with E-state index in [-0.39, 0.29) is 5.56 Å². The largest absolute Gasteiger partial charge is 0.297 e. The van der Waals surface area contributed by atoms with Gasteiger partial charge in [-0.1, -0.05) is 23.7 Å². The van der Waals surface area contributed by atoms with Crippen molar-refractivity contribution in [2.24, 2.45) is 0 Å². The third-order valence-corrected chi connectivity index (χ3v) is 3.94. The zero-order valence-electron chi connectivity index (χ0n) is 10.6. The second-order valence-electron chi connectivity index (χ2n) is 5.15. The number of rotatable bonds is 2. The van der Waals surface area contributed by atoms with Gasteiger partial charge in [-0.05, 0) is 30.9 Å². The maximum absolute atomic E-state index is 12.2. The summed E-state index contributed by atoms with van der Waals surface area (Å²) in [4.78, 5) is 16.8. The maximum atomic E-state index is 12.2. The molecule has 1 fully saturated rings. The normalized spacial score (nSPS) is 14.8. The van der Waals surface area contributed by atoms with Crippen molar-refractivity contribution in [3.05, 3.63) is 57.5 Å². The molecule has 4 nitrogen and oxygen atoms in total. The van der Waals surface area contributed by atoms with Crippen molar-refractivity contribution in [2.45, 2.75) is 18.8 Å². The standard InChI is InChI=1S/C15H12ClN3O/c16-11-5-3-10(4-6-11)13-7-14(20)19-15(18-13)12(8-17-19)9-1-2-9/h3-9,17H,1-2H2. The summed E-state index contributed by atoms with van der Waals surface area (Å²) in [6.45, 7) is 0. The van der Waals surface area contributed by atoms with Gasteiger partial charge in [0.1, 0.15) is 0 Å². The summed E-state index contributed by atoms with van der Waals surface area (Å²) in [5.74, 6) is 0.545. The van der Waals surface area contributed by atoms with E-state index in [9.17, 15) is 4.79 Å². The number of aromatic nitrogens is 3. The van der Waals surface area contributed by atoms with Crippen LogP contribution in [-0.4, -0.2) is 14.6 Å². The Bertz CT molecular complexity index is 844. The molecular formula is C15H12ClN3O. The molecule has 4 rings (SSSR count). The average molecular weight is 286 g/mol. The number of nitrogens with one attached hydrogen (secondary N) is 1. The molecule has 1 aliphatic rings. The fraction of sp³-hybridized carbons (Fsp3) is 0.200. The maximum Gasteiger partial charge on any atom is 0.273 e. The Morgan fingerprint density at radius 3 is 2.70 bits per heavy atom. The number of benzene rings is 1. The summed E-state index contributed by atoms with van der Waals surface area (Å²) in [7, 11) is 0. The zero-order valence-corrected chi connectivity index (χ0v) is 11.4. The molecule has 1 aromatic carbocycles. The third kappa shape index (κ3) is 1.84. The molecule has 0 atom stereocenters. The van der Waals surface area contributed by atoms with Crippen LogP contribution in [0.25, 0.3) is 16.9 Å². The van der Waals surface area contributed by atoms with Gasteiger partial charge in [-0.3, -0.25) is 9.89 Å². The zero-order chi connectivity index (χ0) is 13.7. The predicted molar refractivity (Wildman–Crippen MR) is 78.2 cm³/mol. The molecule has 3 aromatic rings. The molecule has 2 aromatic heterocycles. The average Bonchev–Trinajstić information content (AvgIpc) is 3.19. The first-order valence-corrected chi connectivity index (χ1v) is 6.97. The van der Waals surface area contributed by atoms with E-state index in [4.69, 9.17) is 11.6 Å². The van der Waals surface area contributed by atoms with Gasteiger partial charge in [0, 0.05) is 28.4 Å². The summed E-state index contributed by atoms with van der Waals surface area (Å²) < 4.78 is 1.51. The molecule has 2 heterocycles. The predicted octanol–water partition coefficient (Wildman–Crippen LogP) is 3.22. The summed E-state index contributed by atoms with van der Waals surface area (Å²) in [5.41, 5.74) is 3.37. The SMILES string of the molecule is O=c1cc(-c2ccc(Cl)cc2)nc2c(C3CC3)c[nH]n12. The van der Waals surface area contributed by atoms with Crippen LogP contribution in [0.4, 0.5) is 0 Å². The highest BCUT2D eigenvalue weighted by Crippen LogP contribution is 2.41. The first-order chi connectivity index (χ1) is 9.72. The molecular weight excluding hydrogens is 274 g/mol. The minimum Gasteiger partial charge on any atom is -0.297 e. The second kappa shape index (κ2) is 4.21. The van der Waals surface area contributed by atoms with E-state index in [1.54, 1.807) is 18.2 Å². The Kier molecular flexibility index (Phi) is 2.47. The van der Waals surface area contributed by atoms with Crippen molar-refractivity contribution in [3.8, 4) is 11.3 Å². The van der Waals surface area contributed by atoms with Crippen molar-refractivity contribution in [3.63, 3.8) is 0 Å². The summed E-state index contributed by atoms with van der Waals surface area (Å²) >= 11 is 5.89. The Labute approximate surface area is 120 Å². The van der Waals surface area contributed by atoms with E-state index in [0.29, 0.717) is 16.6 Å². The van der Waals surface area contributed by atoms with Crippen molar-refractivity contribution in [1.29, 1.82) is 0 Å². The van der Waals surface area contributed by atoms with Crippen molar-refractivity contribution >= 4 is 17.2 Å². The smallest absolute Gasteiger partial charge is 0.273 e. The highest BCUT2D eigenvalue weighted by Gasteiger charge is 2.27. The van der Waals surface area contributed by atoms with Crippen LogP contribution in [0, 0.1) is 0 Å². The van der Waals surface area contributed by atoms with Gasteiger partial charge >= 0.3 is 0 Å². The summed E-state index contributed by atoms with van der Waals surface area (Å²) in [6.07, 6.45) is 4.25. The molecule has 0 spiro atoms. The molecule has 100 valence electrons. The van der Waals surface area contributed by atoms with Crippen LogP contribution in [0.15, 0.2) is 41.3 Å². The molecule has 5 heteroatoms. The van der Waals surface area contributed by atoms with E-state index in [1.165, 1.54) is 17.4 Å². The van der Waals surface area contributed by atoms with Crippen molar-refractivity contribution in [1.82, 2.24) is 14.6 Å². The lowest BCUT2D eigenvalue weighted by Crippen LogP contribution is -2.14. The van der Waals surface area contributed by atoms with Crippen LogP contribution in [0.2, 0.25) is 5.02 Å². The number of aromatic amines is 1. The lowest BCUT2D eigenvalue weighted by molar-refractivity contribution is 0.901. The minimum atomic E-state index is -0.0909. The first kappa shape index (κ1) is 11.7. The lowest BCUT2D eigenvalue weighted by atomic mass is 10.1. The van der Waals surface area contributed by atoms with E-state index in [0.717, 1.165) is 16.8 Å². The van der Waals surface area contributed by atoms with Gasteiger partial charge in [-0.25, -0.2) is 9.50 Å². The van der Waals surface area contributed by atoms with Crippen molar-refractivity contribution < 1.29 is 0 Å². The number of nitrogens with zero attached hydrogens (tertiary/aromatic N) is 2. The molecule has 20 heavy (non-hydrogen) atoms. The van der Waals surface area contributed by atoms with Crippen LogP contribution in [0.5, 0.6) is 0 Å². The van der Waals surface area contributed by atoms with Crippen LogP contribution < -0.4 is 5.56 Å². The minimum absolute atomic E-state index is 0.0909. The monoisotopic (exact) mass is 285 g/mol. The molecule has 0 aliphatic heterocycles. The quantitative estimate of drug-likeness (QED) is 0.786. The fourth-order valence-corrected chi connectivity index (χ4v) is 2.59. The molecule has 0 bridgehead atoms. The van der Waals surface area contributed by atoms with Gasteiger partial charge in [0.2, 0.25) is 0 Å². The molecule has 0 amide bonds. The Balaban J connectivity index is 1.94. The Morgan fingerprint density at radius 2 is 2.00 bits per heavy atom. The van der Waals surface area contributed by atoms with E-state index in [2.05, 4.69) is 10.1 Å². The number of fused-ring (bicyclic) bond motifs is 1. The second-order valence-corrected chi connectivity index (χ2v) is 5.59. The molecule has 1 aliphatic carbocycles.